The summed E-state index contributed by atoms with van der Waals surface area (Å²) >= 11 is 0. The molecule has 1 fully saturated rings. The number of aliphatic hydroxyl groups excluding tert-OH is 1. The van der Waals surface area contributed by atoms with Gasteiger partial charge in [0.05, 0.1) is 6.61 Å². The number of hydrogen-bond acceptors (Lipinski definition) is 4. The van der Waals surface area contributed by atoms with Gasteiger partial charge in [-0.1, -0.05) is 0 Å². The normalized spacial score (nSPS) is 17.3. The summed E-state index contributed by atoms with van der Waals surface area (Å²) in [5, 5.41) is 16.8. The number of nitrogens with zero attached hydrogens (tertiary/aromatic N) is 3. The lowest BCUT2D eigenvalue weighted by Crippen LogP contribution is -2.20. The van der Waals surface area contributed by atoms with E-state index in [1.54, 1.807) is 10.8 Å². The van der Waals surface area contributed by atoms with Crippen LogP contribution < -0.4 is 5.32 Å². The highest BCUT2D eigenvalue weighted by molar-refractivity contribution is 5.51. The van der Waals surface area contributed by atoms with E-state index in [1.807, 2.05) is 13.0 Å². The number of aryl methyl sites for hydroxylation is 1. The van der Waals surface area contributed by atoms with Gasteiger partial charge >= 0.3 is 0 Å². The van der Waals surface area contributed by atoms with E-state index >= 15 is 0 Å². The van der Waals surface area contributed by atoms with Gasteiger partial charge in [-0.25, -0.2) is 4.98 Å². The Morgan fingerprint density at radius 3 is 3.00 bits per heavy atom. The molecule has 5 heteroatoms. The highest BCUT2D eigenvalue weighted by atomic mass is 16.3. The molecule has 90 valence electrons. The van der Waals surface area contributed by atoms with Gasteiger partial charge < -0.3 is 10.4 Å². The second kappa shape index (κ2) is 3.70. The number of rotatable bonds is 4. The molecule has 2 aromatic heterocycles. The molecule has 2 heterocycles. The lowest BCUT2D eigenvalue weighted by atomic mass is 10.1. The van der Waals surface area contributed by atoms with Crippen molar-refractivity contribution < 1.29 is 5.11 Å². The van der Waals surface area contributed by atoms with Crippen molar-refractivity contribution in [3.05, 3.63) is 24.0 Å². The minimum Gasteiger partial charge on any atom is -0.396 e. The second-order valence-corrected chi connectivity index (χ2v) is 4.96. The Balaban J connectivity index is 1.86. The van der Waals surface area contributed by atoms with Gasteiger partial charge in [0.1, 0.15) is 12.1 Å². The average molecular weight is 232 g/mol. The number of fused-ring (bicyclic) bond motifs is 1. The van der Waals surface area contributed by atoms with E-state index in [4.69, 9.17) is 0 Å². The van der Waals surface area contributed by atoms with Crippen molar-refractivity contribution >= 4 is 11.5 Å². The zero-order valence-electron chi connectivity index (χ0n) is 9.85. The third-order valence-corrected chi connectivity index (χ3v) is 3.46. The molecule has 2 aromatic rings. The van der Waals surface area contributed by atoms with Crippen molar-refractivity contribution in [1.29, 1.82) is 0 Å². The minimum atomic E-state index is 0.0939. The fourth-order valence-electron chi connectivity index (χ4n) is 2.03. The Hall–Kier alpha value is -1.62. The Bertz CT molecular complexity index is 544. The summed E-state index contributed by atoms with van der Waals surface area (Å²) in [5.74, 6) is 0.942. The lowest BCUT2D eigenvalue weighted by molar-refractivity contribution is 0.219. The summed E-state index contributed by atoms with van der Waals surface area (Å²) in [6, 6.07) is 4.05. The molecular formula is C12H16N4O. The van der Waals surface area contributed by atoms with Crippen LogP contribution >= 0.6 is 0 Å². The molecule has 2 N–H and O–H groups in total. The molecule has 0 amide bonds. The van der Waals surface area contributed by atoms with Crippen molar-refractivity contribution in [2.75, 3.05) is 18.5 Å². The topological polar surface area (TPSA) is 62.5 Å². The van der Waals surface area contributed by atoms with Crippen LogP contribution in [0.3, 0.4) is 0 Å². The number of hydrogen-bond donors (Lipinski definition) is 2. The monoisotopic (exact) mass is 232 g/mol. The van der Waals surface area contributed by atoms with Crippen LogP contribution in [-0.2, 0) is 0 Å². The summed E-state index contributed by atoms with van der Waals surface area (Å²) in [7, 11) is 0. The smallest absolute Gasteiger partial charge is 0.157 e. The number of aromatic nitrogens is 3. The molecule has 0 spiro atoms. The van der Waals surface area contributed by atoms with Crippen LogP contribution in [0.15, 0.2) is 18.5 Å². The van der Waals surface area contributed by atoms with Gasteiger partial charge in [-0.3, -0.25) is 0 Å². The first-order chi connectivity index (χ1) is 8.22. The summed E-state index contributed by atoms with van der Waals surface area (Å²) < 4.78 is 1.79. The van der Waals surface area contributed by atoms with Crippen LogP contribution in [0, 0.1) is 12.3 Å². The van der Waals surface area contributed by atoms with Crippen LogP contribution in [0.4, 0.5) is 5.82 Å². The quantitative estimate of drug-likeness (QED) is 0.832. The largest absolute Gasteiger partial charge is 0.396 e. The predicted octanol–water partition coefficient (Wildman–Crippen LogP) is 1.22. The molecule has 1 aliphatic rings. The molecule has 1 aliphatic carbocycles. The van der Waals surface area contributed by atoms with Crippen LogP contribution in [0.1, 0.15) is 18.4 Å². The van der Waals surface area contributed by atoms with Gasteiger partial charge in [0, 0.05) is 12.0 Å². The van der Waals surface area contributed by atoms with E-state index in [0.29, 0.717) is 0 Å². The third-order valence-electron chi connectivity index (χ3n) is 3.46. The fourth-order valence-corrected chi connectivity index (χ4v) is 2.03. The Morgan fingerprint density at radius 1 is 1.47 bits per heavy atom. The van der Waals surface area contributed by atoms with Crippen molar-refractivity contribution in [1.82, 2.24) is 14.6 Å². The standard InChI is InChI=1S/C12H16N4O/c1-9-4-10(13-6-12(7-17)2-3-12)16-11(5-9)14-8-15-16/h4-5,8,13,17H,2-3,6-7H2,1H3. The number of aliphatic hydroxyl groups is 1. The summed E-state index contributed by atoms with van der Waals surface area (Å²) in [5.41, 5.74) is 2.10. The second-order valence-electron chi connectivity index (χ2n) is 4.96. The first kappa shape index (κ1) is 10.5. The molecule has 5 nitrogen and oxygen atoms in total. The Kier molecular flexibility index (Phi) is 2.29. The molecule has 0 atom stereocenters. The highest BCUT2D eigenvalue weighted by Gasteiger charge is 2.41. The van der Waals surface area contributed by atoms with Crippen molar-refractivity contribution in [2.45, 2.75) is 19.8 Å². The van der Waals surface area contributed by atoms with E-state index in [-0.39, 0.29) is 12.0 Å². The summed E-state index contributed by atoms with van der Waals surface area (Å²) in [4.78, 5) is 4.18. The van der Waals surface area contributed by atoms with Gasteiger partial charge in [-0.05, 0) is 37.5 Å². The lowest BCUT2D eigenvalue weighted by Gasteiger charge is -2.14. The fraction of sp³-hybridized carbons (Fsp3) is 0.500. The van der Waals surface area contributed by atoms with E-state index in [0.717, 1.165) is 36.4 Å². The van der Waals surface area contributed by atoms with E-state index in [2.05, 4.69) is 21.5 Å². The SMILES string of the molecule is Cc1cc(NCC2(CO)CC2)n2ncnc2c1. The van der Waals surface area contributed by atoms with Gasteiger partial charge in [-0.2, -0.15) is 9.61 Å². The number of anilines is 1. The average Bonchev–Trinajstić information content (AvgIpc) is 2.96. The molecule has 3 rings (SSSR count). The first-order valence-electron chi connectivity index (χ1n) is 5.88. The number of pyridine rings is 1. The van der Waals surface area contributed by atoms with E-state index in [1.165, 1.54) is 0 Å². The van der Waals surface area contributed by atoms with Crippen LogP contribution in [0.2, 0.25) is 0 Å². The summed E-state index contributed by atoms with van der Waals surface area (Å²) in [6.45, 7) is 3.09. The van der Waals surface area contributed by atoms with Crippen LogP contribution in [0.25, 0.3) is 5.65 Å². The first-order valence-corrected chi connectivity index (χ1v) is 5.88. The molecule has 0 aliphatic heterocycles. The molecular weight excluding hydrogens is 216 g/mol. The highest BCUT2D eigenvalue weighted by Crippen LogP contribution is 2.44. The van der Waals surface area contributed by atoms with Crippen molar-refractivity contribution in [2.24, 2.45) is 5.41 Å². The molecule has 1 saturated carbocycles. The van der Waals surface area contributed by atoms with Gasteiger partial charge in [0.25, 0.3) is 0 Å². The van der Waals surface area contributed by atoms with Crippen molar-refractivity contribution in [3.8, 4) is 0 Å². The maximum Gasteiger partial charge on any atom is 0.157 e. The maximum atomic E-state index is 9.29. The van der Waals surface area contributed by atoms with Crippen LogP contribution in [-0.4, -0.2) is 32.9 Å². The minimum absolute atomic E-state index is 0.0939. The zero-order chi connectivity index (χ0) is 11.9. The molecule has 17 heavy (non-hydrogen) atoms. The van der Waals surface area contributed by atoms with E-state index in [9.17, 15) is 5.11 Å². The molecule has 0 aromatic carbocycles. The molecule has 0 bridgehead atoms. The number of nitrogens with one attached hydrogen (secondary N) is 1. The zero-order valence-corrected chi connectivity index (χ0v) is 9.85. The van der Waals surface area contributed by atoms with Crippen LogP contribution in [0.5, 0.6) is 0 Å². The molecule has 0 saturated heterocycles. The maximum absolute atomic E-state index is 9.29. The summed E-state index contributed by atoms with van der Waals surface area (Å²) in [6.07, 6.45) is 3.75. The third kappa shape index (κ3) is 1.86. The van der Waals surface area contributed by atoms with Gasteiger partial charge in [-0.15, -0.1) is 0 Å². The molecule has 0 unspecified atom stereocenters. The Morgan fingerprint density at radius 2 is 2.29 bits per heavy atom. The van der Waals surface area contributed by atoms with Gasteiger partial charge in [0.2, 0.25) is 0 Å². The van der Waals surface area contributed by atoms with Crippen molar-refractivity contribution in [3.63, 3.8) is 0 Å². The molecule has 0 radical (unpaired) electrons. The van der Waals surface area contributed by atoms with E-state index < -0.39 is 0 Å². The van der Waals surface area contributed by atoms with Gasteiger partial charge in [0.15, 0.2) is 5.65 Å². The Labute approximate surface area is 99.5 Å². The predicted molar refractivity (Wildman–Crippen MR) is 65.0 cm³/mol.